The molecule has 0 aromatic carbocycles. The van der Waals surface area contributed by atoms with E-state index in [2.05, 4.69) is 0 Å². The van der Waals surface area contributed by atoms with E-state index in [1.807, 2.05) is 13.8 Å². The van der Waals surface area contributed by atoms with Gasteiger partial charge in [0, 0.05) is 12.2 Å². The minimum atomic E-state index is -0.568. The van der Waals surface area contributed by atoms with Crippen molar-refractivity contribution < 1.29 is 19.1 Å². The molecule has 0 saturated heterocycles. The third-order valence-corrected chi connectivity index (χ3v) is 1.47. The fourth-order valence-electron chi connectivity index (χ4n) is 0.685. The molecule has 0 atom stereocenters. The number of esters is 2. The number of allylic oxidation sites excluding steroid dienone is 2. The lowest BCUT2D eigenvalue weighted by atomic mass is 10.5. The quantitative estimate of drug-likeness (QED) is 0.392. The van der Waals surface area contributed by atoms with E-state index in [0.29, 0.717) is 0 Å². The summed E-state index contributed by atoms with van der Waals surface area (Å²) in [6, 6.07) is 0. The van der Waals surface area contributed by atoms with Crippen LogP contribution in [0.1, 0.15) is 13.8 Å². The molecule has 16 heavy (non-hydrogen) atoms. The summed E-state index contributed by atoms with van der Waals surface area (Å²) < 4.78 is 9.45. The molecule has 0 aromatic heterocycles. The van der Waals surface area contributed by atoms with Gasteiger partial charge in [-0.05, 0) is 13.8 Å². The molecule has 0 saturated carbocycles. The zero-order chi connectivity index (χ0) is 12.2. The summed E-state index contributed by atoms with van der Waals surface area (Å²) in [5.74, 6) is -1.14. The Morgan fingerprint density at radius 2 is 1.25 bits per heavy atom. The summed E-state index contributed by atoms with van der Waals surface area (Å²) in [5.41, 5.74) is 0. The molecule has 0 radical (unpaired) electrons. The van der Waals surface area contributed by atoms with Gasteiger partial charge in [-0.25, -0.2) is 9.59 Å². The molecule has 0 N–H and O–H groups in total. The summed E-state index contributed by atoms with van der Waals surface area (Å²) >= 11 is 0. The number of rotatable bonds is 6. The van der Waals surface area contributed by atoms with E-state index in [4.69, 9.17) is 9.47 Å². The van der Waals surface area contributed by atoms with E-state index in [1.165, 1.54) is 0 Å². The van der Waals surface area contributed by atoms with Crippen LogP contribution in [-0.4, -0.2) is 25.2 Å². The van der Waals surface area contributed by atoms with Gasteiger partial charge >= 0.3 is 11.9 Å². The van der Waals surface area contributed by atoms with Gasteiger partial charge in [-0.1, -0.05) is 24.3 Å². The lowest BCUT2D eigenvalue weighted by Gasteiger charge is -1.97. The standard InChI is InChI=1S/C12H16O4/c1-3-5-9-15-11(13)7-8-12(14)16-10-6-4-2/h3-8H,9-10H2,1-2H3/b5-3?,6-4?,8-7+. The molecule has 0 unspecified atom stereocenters. The third-order valence-electron chi connectivity index (χ3n) is 1.47. The van der Waals surface area contributed by atoms with E-state index < -0.39 is 11.9 Å². The van der Waals surface area contributed by atoms with Crippen molar-refractivity contribution in [2.75, 3.05) is 13.2 Å². The predicted molar refractivity (Wildman–Crippen MR) is 60.7 cm³/mol. The highest BCUT2D eigenvalue weighted by atomic mass is 16.5. The zero-order valence-electron chi connectivity index (χ0n) is 9.51. The van der Waals surface area contributed by atoms with Crippen LogP contribution in [0.2, 0.25) is 0 Å². The van der Waals surface area contributed by atoms with Gasteiger partial charge in [0.25, 0.3) is 0 Å². The highest BCUT2D eigenvalue weighted by Crippen LogP contribution is 1.87. The first-order chi connectivity index (χ1) is 7.70. The zero-order valence-corrected chi connectivity index (χ0v) is 9.51. The van der Waals surface area contributed by atoms with Gasteiger partial charge in [0.15, 0.2) is 0 Å². The molecule has 88 valence electrons. The molecular weight excluding hydrogens is 208 g/mol. The van der Waals surface area contributed by atoms with Gasteiger partial charge in [0.2, 0.25) is 0 Å². The molecule has 0 amide bonds. The molecule has 0 rings (SSSR count). The minimum Gasteiger partial charge on any atom is -0.458 e. The minimum absolute atomic E-state index is 0.202. The second-order valence-electron chi connectivity index (χ2n) is 2.73. The molecule has 0 heterocycles. The van der Waals surface area contributed by atoms with Crippen molar-refractivity contribution in [2.24, 2.45) is 0 Å². The molecule has 0 aliphatic heterocycles. The van der Waals surface area contributed by atoms with E-state index in [9.17, 15) is 9.59 Å². The van der Waals surface area contributed by atoms with Gasteiger partial charge in [-0.15, -0.1) is 0 Å². The summed E-state index contributed by atoms with van der Waals surface area (Å²) in [4.78, 5) is 22.0. The molecule has 0 spiro atoms. The maximum absolute atomic E-state index is 11.0. The summed E-state index contributed by atoms with van der Waals surface area (Å²) in [6.45, 7) is 4.05. The molecule has 0 aromatic rings. The van der Waals surface area contributed by atoms with Gasteiger partial charge < -0.3 is 9.47 Å². The van der Waals surface area contributed by atoms with E-state index in [-0.39, 0.29) is 13.2 Å². The smallest absolute Gasteiger partial charge is 0.331 e. The molecular formula is C12H16O4. The third kappa shape index (κ3) is 8.74. The normalized spacial score (nSPS) is 11.4. The summed E-state index contributed by atoms with van der Waals surface area (Å²) in [6.07, 6.45) is 9.00. The fraction of sp³-hybridized carbons (Fsp3) is 0.333. The Labute approximate surface area is 95.2 Å². The Morgan fingerprint density at radius 3 is 1.56 bits per heavy atom. The second-order valence-corrected chi connectivity index (χ2v) is 2.73. The number of carbonyl (C=O) groups is 2. The van der Waals surface area contributed by atoms with Crippen LogP contribution in [0, 0.1) is 0 Å². The Kier molecular flexibility index (Phi) is 8.59. The van der Waals surface area contributed by atoms with Crippen LogP contribution >= 0.6 is 0 Å². The van der Waals surface area contributed by atoms with Gasteiger partial charge in [0.1, 0.15) is 13.2 Å². The Morgan fingerprint density at radius 1 is 0.875 bits per heavy atom. The molecule has 0 bridgehead atoms. The maximum atomic E-state index is 11.0. The molecule has 4 heteroatoms. The predicted octanol–water partition coefficient (Wildman–Crippen LogP) is 1.78. The van der Waals surface area contributed by atoms with Gasteiger partial charge in [-0.2, -0.15) is 0 Å². The topological polar surface area (TPSA) is 52.6 Å². The number of ether oxygens (including phenoxy) is 2. The number of carbonyl (C=O) groups excluding carboxylic acids is 2. The Hall–Kier alpha value is -1.84. The summed E-state index contributed by atoms with van der Waals surface area (Å²) in [7, 11) is 0. The van der Waals surface area contributed by atoms with E-state index >= 15 is 0 Å². The molecule has 0 fully saturated rings. The van der Waals surface area contributed by atoms with Crippen molar-refractivity contribution in [3.8, 4) is 0 Å². The first-order valence-corrected chi connectivity index (χ1v) is 4.94. The Balaban J connectivity index is 3.79. The van der Waals surface area contributed by atoms with Crippen LogP contribution in [0.3, 0.4) is 0 Å². The van der Waals surface area contributed by atoms with Crippen molar-refractivity contribution in [1.29, 1.82) is 0 Å². The second kappa shape index (κ2) is 9.71. The fourth-order valence-corrected chi connectivity index (χ4v) is 0.685. The van der Waals surface area contributed by atoms with Gasteiger partial charge in [0.05, 0.1) is 0 Å². The average Bonchev–Trinajstić information content (AvgIpc) is 2.27. The highest BCUT2D eigenvalue weighted by Gasteiger charge is 1.98. The van der Waals surface area contributed by atoms with Crippen molar-refractivity contribution in [3.63, 3.8) is 0 Å². The number of hydrogen-bond acceptors (Lipinski definition) is 4. The van der Waals surface area contributed by atoms with Crippen molar-refractivity contribution >= 4 is 11.9 Å². The van der Waals surface area contributed by atoms with Crippen LogP contribution in [-0.2, 0) is 19.1 Å². The van der Waals surface area contributed by atoms with Crippen LogP contribution in [0.25, 0.3) is 0 Å². The molecule has 4 nitrogen and oxygen atoms in total. The maximum Gasteiger partial charge on any atom is 0.331 e. The van der Waals surface area contributed by atoms with Gasteiger partial charge in [-0.3, -0.25) is 0 Å². The van der Waals surface area contributed by atoms with Crippen molar-refractivity contribution in [3.05, 3.63) is 36.5 Å². The first-order valence-electron chi connectivity index (χ1n) is 4.94. The first kappa shape index (κ1) is 14.2. The Bertz CT molecular complexity index is 270. The lowest BCUT2D eigenvalue weighted by molar-refractivity contribution is -0.139. The highest BCUT2D eigenvalue weighted by molar-refractivity contribution is 5.91. The van der Waals surface area contributed by atoms with Crippen LogP contribution in [0.15, 0.2) is 36.5 Å². The number of hydrogen-bond donors (Lipinski definition) is 0. The van der Waals surface area contributed by atoms with E-state index in [0.717, 1.165) is 12.2 Å². The van der Waals surface area contributed by atoms with Crippen LogP contribution < -0.4 is 0 Å². The monoisotopic (exact) mass is 224 g/mol. The molecule has 0 aliphatic carbocycles. The van der Waals surface area contributed by atoms with E-state index in [1.54, 1.807) is 24.3 Å². The van der Waals surface area contributed by atoms with Crippen molar-refractivity contribution in [2.45, 2.75) is 13.8 Å². The largest absolute Gasteiger partial charge is 0.458 e. The van der Waals surface area contributed by atoms with Crippen molar-refractivity contribution in [1.82, 2.24) is 0 Å². The summed E-state index contributed by atoms with van der Waals surface area (Å²) in [5, 5.41) is 0. The SMILES string of the molecule is CC=CCOC(=O)/C=C/C(=O)OCC=CC. The van der Waals surface area contributed by atoms with Crippen LogP contribution in [0.4, 0.5) is 0 Å². The van der Waals surface area contributed by atoms with Crippen LogP contribution in [0.5, 0.6) is 0 Å². The molecule has 0 aliphatic rings. The average molecular weight is 224 g/mol. The lowest BCUT2D eigenvalue weighted by Crippen LogP contribution is -2.04.